The number of ether oxygens (including phenoxy) is 1. The van der Waals surface area contributed by atoms with Crippen molar-refractivity contribution in [2.75, 3.05) is 10.2 Å². The van der Waals surface area contributed by atoms with Gasteiger partial charge >= 0.3 is 0 Å². The molecule has 0 saturated heterocycles. The molecule has 1 N–H and O–H groups in total. The highest BCUT2D eigenvalue weighted by molar-refractivity contribution is 6.36. The maximum atomic E-state index is 13.2. The number of amides is 2. The van der Waals surface area contributed by atoms with E-state index in [1.54, 1.807) is 43.3 Å². The zero-order valence-electron chi connectivity index (χ0n) is 19.6. The summed E-state index contributed by atoms with van der Waals surface area (Å²) in [5, 5.41) is 4.72. The molecular weight excluding hydrogens is 488 g/mol. The number of halogens is 1. The van der Waals surface area contributed by atoms with Gasteiger partial charge in [-0.2, -0.15) is 0 Å². The van der Waals surface area contributed by atoms with E-state index >= 15 is 0 Å². The number of fused-ring (bicyclic) bond motifs is 2. The molecule has 0 radical (unpaired) electrons. The maximum Gasteiger partial charge on any atom is 0.266 e. The Hall–Kier alpha value is -4.75. The molecule has 7 nitrogen and oxygen atoms in total. The number of aromatic nitrogens is 2. The summed E-state index contributed by atoms with van der Waals surface area (Å²) < 4.78 is 5.99. The average molecular weight is 507 g/mol. The maximum absolute atomic E-state index is 13.2. The molecule has 2 amide bonds. The van der Waals surface area contributed by atoms with Crippen LogP contribution in [0.1, 0.15) is 26.3 Å². The smallest absolute Gasteiger partial charge is 0.266 e. The largest absolute Gasteiger partial charge is 0.457 e. The van der Waals surface area contributed by atoms with E-state index in [1.807, 2.05) is 48.5 Å². The van der Waals surface area contributed by atoms with Gasteiger partial charge in [-0.3, -0.25) is 9.59 Å². The highest BCUT2D eigenvalue weighted by Gasteiger charge is 2.37. The van der Waals surface area contributed by atoms with E-state index in [2.05, 4.69) is 15.3 Å². The SMILES string of the molecule is Cc1c(Cl)cccc1N1C(=O)c2ccc(Oc3ccc(Nc4ncnc5ccccc45)cc3)cc2C1=O. The number of hydrogen-bond donors (Lipinski definition) is 1. The topological polar surface area (TPSA) is 84.4 Å². The summed E-state index contributed by atoms with van der Waals surface area (Å²) in [6.07, 6.45) is 1.52. The van der Waals surface area contributed by atoms with Crippen molar-refractivity contribution in [1.82, 2.24) is 9.97 Å². The normalized spacial score (nSPS) is 12.6. The van der Waals surface area contributed by atoms with Crippen LogP contribution in [0.15, 0.2) is 91.3 Å². The number of rotatable bonds is 5. The van der Waals surface area contributed by atoms with E-state index in [9.17, 15) is 9.59 Å². The first-order valence-electron chi connectivity index (χ1n) is 11.5. The van der Waals surface area contributed by atoms with Crippen LogP contribution in [0.3, 0.4) is 0 Å². The van der Waals surface area contributed by atoms with Gasteiger partial charge in [-0.05, 0) is 79.2 Å². The Morgan fingerprint density at radius 3 is 2.41 bits per heavy atom. The lowest BCUT2D eigenvalue weighted by Gasteiger charge is -2.17. The van der Waals surface area contributed by atoms with Crippen LogP contribution in [0.2, 0.25) is 5.02 Å². The van der Waals surface area contributed by atoms with Crippen molar-refractivity contribution in [2.45, 2.75) is 6.92 Å². The molecule has 37 heavy (non-hydrogen) atoms. The summed E-state index contributed by atoms with van der Waals surface area (Å²) >= 11 is 6.22. The number of hydrogen-bond acceptors (Lipinski definition) is 6. The fourth-order valence-corrected chi connectivity index (χ4v) is 4.49. The molecule has 1 aromatic heterocycles. The second-order valence-electron chi connectivity index (χ2n) is 8.53. The molecular formula is C29H19ClN4O3. The van der Waals surface area contributed by atoms with E-state index in [4.69, 9.17) is 16.3 Å². The standard InChI is InChI=1S/C29H19ClN4O3/c1-17-24(30)6-4-8-26(17)34-28(35)21-14-13-20(15-23(21)29(34)36)37-19-11-9-18(10-12-19)33-27-22-5-2-3-7-25(22)31-16-32-27/h2-16H,1H3,(H,31,32,33). The molecule has 180 valence electrons. The Kier molecular flexibility index (Phi) is 5.54. The number of para-hydroxylation sites is 1. The first kappa shape index (κ1) is 22.7. The van der Waals surface area contributed by atoms with Gasteiger partial charge in [0, 0.05) is 16.1 Å². The molecule has 5 aromatic rings. The lowest BCUT2D eigenvalue weighted by Crippen LogP contribution is -2.30. The zero-order valence-corrected chi connectivity index (χ0v) is 20.4. The molecule has 1 aliphatic rings. The van der Waals surface area contributed by atoms with Crippen LogP contribution in [0, 0.1) is 6.92 Å². The van der Waals surface area contributed by atoms with E-state index in [-0.39, 0.29) is 11.5 Å². The van der Waals surface area contributed by atoms with Crippen LogP contribution in [-0.4, -0.2) is 21.8 Å². The third-order valence-corrected chi connectivity index (χ3v) is 6.64. The Balaban J connectivity index is 1.21. The fraction of sp³-hybridized carbons (Fsp3) is 0.0345. The van der Waals surface area contributed by atoms with Crippen molar-refractivity contribution in [1.29, 1.82) is 0 Å². The third-order valence-electron chi connectivity index (χ3n) is 6.23. The van der Waals surface area contributed by atoms with Gasteiger partial charge in [-0.1, -0.05) is 29.8 Å². The van der Waals surface area contributed by atoms with E-state index in [0.29, 0.717) is 39.2 Å². The Bertz CT molecular complexity index is 1700. The van der Waals surface area contributed by atoms with Crippen molar-refractivity contribution >= 4 is 51.5 Å². The van der Waals surface area contributed by atoms with Gasteiger partial charge in [0.1, 0.15) is 23.6 Å². The second-order valence-corrected chi connectivity index (χ2v) is 8.94. The van der Waals surface area contributed by atoms with Gasteiger partial charge in [0.05, 0.1) is 22.3 Å². The van der Waals surface area contributed by atoms with Crippen molar-refractivity contribution in [3.05, 3.63) is 113 Å². The number of imide groups is 1. The minimum Gasteiger partial charge on any atom is -0.457 e. The van der Waals surface area contributed by atoms with Crippen molar-refractivity contribution in [3.63, 3.8) is 0 Å². The minimum absolute atomic E-state index is 0.288. The number of anilines is 3. The second kappa shape index (κ2) is 9.04. The summed E-state index contributed by atoms with van der Waals surface area (Å²) in [5.74, 6) is 0.946. The number of carbonyl (C=O) groups is 2. The van der Waals surface area contributed by atoms with Gasteiger partial charge in [-0.25, -0.2) is 14.9 Å². The molecule has 4 aromatic carbocycles. The highest BCUT2D eigenvalue weighted by Crippen LogP contribution is 2.35. The Morgan fingerprint density at radius 1 is 0.811 bits per heavy atom. The lowest BCUT2D eigenvalue weighted by atomic mass is 10.1. The quantitative estimate of drug-likeness (QED) is 0.260. The van der Waals surface area contributed by atoms with Crippen LogP contribution >= 0.6 is 11.6 Å². The van der Waals surface area contributed by atoms with Crippen LogP contribution in [0.4, 0.5) is 17.2 Å². The zero-order chi connectivity index (χ0) is 25.5. The van der Waals surface area contributed by atoms with Gasteiger partial charge in [0.15, 0.2) is 0 Å². The van der Waals surface area contributed by atoms with E-state index < -0.39 is 5.91 Å². The monoisotopic (exact) mass is 506 g/mol. The summed E-state index contributed by atoms with van der Waals surface area (Å²) in [6, 6.07) is 25.2. The number of nitrogens with zero attached hydrogens (tertiary/aromatic N) is 3. The van der Waals surface area contributed by atoms with Crippen molar-refractivity contribution in [3.8, 4) is 11.5 Å². The van der Waals surface area contributed by atoms with Crippen molar-refractivity contribution in [2.24, 2.45) is 0 Å². The van der Waals surface area contributed by atoms with Gasteiger partial charge < -0.3 is 10.1 Å². The average Bonchev–Trinajstić information content (AvgIpc) is 3.16. The predicted molar refractivity (Wildman–Crippen MR) is 143 cm³/mol. The molecule has 0 fully saturated rings. The van der Waals surface area contributed by atoms with Crippen molar-refractivity contribution < 1.29 is 14.3 Å². The molecule has 0 atom stereocenters. The molecule has 8 heteroatoms. The van der Waals surface area contributed by atoms with Crippen LogP contribution in [-0.2, 0) is 0 Å². The first-order chi connectivity index (χ1) is 18.0. The molecule has 6 rings (SSSR count). The summed E-state index contributed by atoms with van der Waals surface area (Å²) in [5.41, 5.74) is 3.44. The molecule has 0 bridgehead atoms. The Labute approximate surface area is 217 Å². The molecule has 0 aliphatic carbocycles. The summed E-state index contributed by atoms with van der Waals surface area (Å²) in [6.45, 7) is 1.78. The van der Waals surface area contributed by atoms with Gasteiger partial charge in [0.25, 0.3) is 11.8 Å². The predicted octanol–water partition coefficient (Wildman–Crippen LogP) is 6.93. The molecule has 2 heterocycles. The lowest BCUT2D eigenvalue weighted by molar-refractivity contribution is 0.0926. The fourth-order valence-electron chi connectivity index (χ4n) is 4.32. The van der Waals surface area contributed by atoms with Crippen LogP contribution in [0.25, 0.3) is 10.9 Å². The molecule has 0 unspecified atom stereocenters. The van der Waals surface area contributed by atoms with Gasteiger partial charge in [0.2, 0.25) is 0 Å². The van der Waals surface area contributed by atoms with E-state index in [1.165, 1.54) is 6.33 Å². The summed E-state index contributed by atoms with van der Waals surface area (Å²) in [7, 11) is 0. The third kappa shape index (κ3) is 4.05. The molecule has 1 aliphatic heterocycles. The first-order valence-corrected chi connectivity index (χ1v) is 11.9. The minimum atomic E-state index is -0.410. The number of benzene rings is 4. The Morgan fingerprint density at radius 2 is 1.57 bits per heavy atom. The van der Waals surface area contributed by atoms with E-state index in [0.717, 1.165) is 21.5 Å². The van der Waals surface area contributed by atoms with Crippen LogP contribution < -0.4 is 15.0 Å². The highest BCUT2D eigenvalue weighted by atomic mass is 35.5. The summed E-state index contributed by atoms with van der Waals surface area (Å²) in [4.78, 5) is 36.0. The molecule has 0 spiro atoms. The number of nitrogens with one attached hydrogen (secondary N) is 1. The van der Waals surface area contributed by atoms with Gasteiger partial charge in [-0.15, -0.1) is 0 Å². The van der Waals surface area contributed by atoms with Crippen LogP contribution in [0.5, 0.6) is 11.5 Å². The molecule has 0 saturated carbocycles. The number of carbonyl (C=O) groups excluding carboxylic acids is 2.